The van der Waals surface area contributed by atoms with E-state index in [1.807, 2.05) is 6.07 Å². The van der Waals surface area contributed by atoms with Gasteiger partial charge in [0.25, 0.3) is 0 Å². The predicted molar refractivity (Wildman–Crippen MR) is 65.9 cm³/mol. The number of benzene rings is 1. The molecular formula is C12H11BrN2O. The van der Waals surface area contributed by atoms with Crippen LogP contribution in [0.5, 0.6) is 0 Å². The molecule has 0 fully saturated rings. The van der Waals surface area contributed by atoms with E-state index >= 15 is 0 Å². The van der Waals surface area contributed by atoms with Crippen molar-refractivity contribution in [3.63, 3.8) is 0 Å². The summed E-state index contributed by atoms with van der Waals surface area (Å²) in [6, 6.07) is 8.99. The summed E-state index contributed by atoms with van der Waals surface area (Å²) < 4.78 is 0.737. The first-order chi connectivity index (χ1) is 7.61. The topological polar surface area (TPSA) is 52.9 Å². The third-order valence-corrected chi connectivity index (χ3v) is 2.21. The Morgan fingerprint density at radius 2 is 2.06 bits per heavy atom. The van der Waals surface area contributed by atoms with Crippen LogP contribution in [-0.4, -0.2) is 12.5 Å². The smallest absolute Gasteiger partial charge is 0.224 e. The van der Waals surface area contributed by atoms with Crippen LogP contribution in [0.1, 0.15) is 11.1 Å². The highest BCUT2D eigenvalue weighted by Crippen LogP contribution is 2.04. The molecule has 0 aliphatic carbocycles. The van der Waals surface area contributed by atoms with Gasteiger partial charge in [-0.05, 0) is 17.7 Å². The van der Waals surface area contributed by atoms with Crippen molar-refractivity contribution < 1.29 is 4.79 Å². The summed E-state index contributed by atoms with van der Waals surface area (Å²) in [4.78, 5) is 11.4. The number of rotatable bonds is 4. The van der Waals surface area contributed by atoms with Crippen molar-refractivity contribution in [3.05, 3.63) is 46.5 Å². The van der Waals surface area contributed by atoms with Gasteiger partial charge in [-0.1, -0.05) is 34.6 Å². The number of hydrogen-bond acceptors (Lipinski definition) is 2. The molecule has 0 aliphatic rings. The molecule has 0 saturated heterocycles. The SMILES string of the molecule is C=C(Br)CNC(=O)Cc1ccc(C#N)cc1. The van der Waals surface area contributed by atoms with Crippen molar-refractivity contribution >= 4 is 21.8 Å². The molecule has 1 rings (SSSR count). The fraction of sp³-hybridized carbons (Fsp3) is 0.167. The first-order valence-corrected chi connectivity index (χ1v) is 5.50. The van der Waals surface area contributed by atoms with Gasteiger partial charge in [0.15, 0.2) is 0 Å². The van der Waals surface area contributed by atoms with E-state index in [1.165, 1.54) is 0 Å². The second kappa shape index (κ2) is 6.09. The number of nitrogens with zero attached hydrogens (tertiary/aromatic N) is 1. The Hall–Kier alpha value is -1.60. The molecule has 3 nitrogen and oxygen atoms in total. The maximum absolute atomic E-state index is 11.4. The van der Waals surface area contributed by atoms with Crippen LogP contribution < -0.4 is 5.32 Å². The normalized spacial score (nSPS) is 9.25. The van der Waals surface area contributed by atoms with E-state index < -0.39 is 0 Å². The lowest BCUT2D eigenvalue weighted by atomic mass is 10.1. The molecule has 1 aromatic carbocycles. The van der Waals surface area contributed by atoms with Gasteiger partial charge >= 0.3 is 0 Å². The van der Waals surface area contributed by atoms with Crippen LogP contribution in [0.3, 0.4) is 0 Å². The maximum atomic E-state index is 11.4. The van der Waals surface area contributed by atoms with Crippen LogP contribution in [0, 0.1) is 11.3 Å². The minimum atomic E-state index is -0.0645. The third-order valence-electron chi connectivity index (χ3n) is 1.93. The van der Waals surface area contributed by atoms with E-state index in [4.69, 9.17) is 5.26 Å². The molecular weight excluding hydrogens is 268 g/mol. The fourth-order valence-electron chi connectivity index (χ4n) is 1.14. The Bertz CT molecular complexity index is 431. The van der Waals surface area contributed by atoms with Gasteiger partial charge in [-0.3, -0.25) is 4.79 Å². The molecule has 0 spiro atoms. The Kier molecular flexibility index (Phi) is 4.74. The third kappa shape index (κ3) is 4.28. The molecule has 4 heteroatoms. The summed E-state index contributed by atoms with van der Waals surface area (Å²) in [6.45, 7) is 4.05. The van der Waals surface area contributed by atoms with E-state index in [0.717, 1.165) is 10.0 Å². The molecule has 1 aromatic rings. The molecule has 0 bridgehead atoms. The van der Waals surface area contributed by atoms with E-state index in [1.54, 1.807) is 24.3 Å². The van der Waals surface area contributed by atoms with Gasteiger partial charge in [0.1, 0.15) is 0 Å². The van der Waals surface area contributed by atoms with Crippen molar-refractivity contribution in [1.82, 2.24) is 5.32 Å². The molecule has 0 radical (unpaired) electrons. The molecule has 1 amide bonds. The zero-order valence-corrected chi connectivity index (χ0v) is 10.3. The lowest BCUT2D eigenvalue weighted by Crippen LogP contribution is -2.25. The van der Waals surface area contributed by atoms with E-state index in [-0.39, 0.29) is 5.91 Å². The van der Waals surface area contributed by atoms with Crippen LogP contribution in [0.15, 0.2) is 35.3 Å². The highest BCUT2D eigenvalue weighted by molar-refractivity contribution is 9.11. The van der Waals surface area contributed by atoms with Gasteiger partial charge in [0.05, 0.1) is 18.1 Å². The molecule has 0 atom stereocenters. The van der Waals surface area contributed by atoms with Gasteiger partial charge in [0, 0.05) is 11.0 Å². The van der Waals surface area contributed by atoms with Crippen molar-refractivity contribution in [3.8, 4) is 6.07 Å². The predicted octanol–water partition coefficient (Wildman–Crippen LogP) is 2.13. The maximum Gasteiger partial charge on any atom is 0.224 e. The minimum Gasteiger partial charge on any atom is -0.351 e. The Balaban J connectivity index is 2.50. The van der Waals surface area contributed by atoms with Crippen molar-refractivity contribution in [1.29, 1.82) is 5.26 Å². The average molecular weight is 279 g/mol. The molecule has 16 heavy (non-hydrogen) atoms. The quantitative estimate of drug-likeness (QED) is 0.917. The second-order valence-electron chi connectivity index (χ2n) is 3.28. The van der Waals surface area contributed by atoms with Crippen LogP contribution >= 0.6 is 15.9 Å². The molecule has 82 valence electrons. The summed E-state index contributed by atoms with van der Waals surface area (Å²) in [5.41, 5.74) is 1.48. The number of nitrogens with one attached hydrogen (secondary N) is 1. The molecule has 1 N–H and O–H groups in total. The lowest BCUT2D eigenvalue weighted by Gasteiger charge is -2.03. The lowest BCUT2D eigenvalue weighted by molar-refractivity contribution is -0.120. The summed E-state index contributed by atoms with van der Waals surface area (Å²) in [5, 5.41) is 11.3. The van der Waals surface area contributed by atoms with Gasteiger partial charge in [0.2, 0.25) is 5.91 Å². The zero-order valence-electron chi connectivity index (χ0n) is 8.66. The molecule has 0 heterocycles. The van der Waals surface area contributed by atoms with E-state index in [9.17, 15) is 4.79 Å². The highest BCUT2D eigenvalue weighted by Gasteiger charge is 2.02. The minimum absolute atomic E-state index is 0.0645. The number of nitriles is 1. The molecule has 0 unspecified atom stereocenters. The van der Waals surface area contributed by atoms with E-state index in [0.29, 0.717) is 18.5 Å². The number of hydrogen-bond donors (Lipinski definition) is 1. The Morgan fingerprint density at radius 3 is 2.56 bits per heavy atom. The van der Waals surface area contributed by atoms with Crippen molar-refractivity contribution in [2.45, 2.75) is 6.42 Å². The Labute approximate surface area is 103 Å². The highest BCUT2D eigenvalue weighted by atomic mass is 79.9. The van der Waals surface area contributed by atoms with Crippen molar-refractivity contribution in [2.75, 3.05) is 6.54 Å². The number of carbonyl (C=O) groups is 1. The molecule has 0 aromatic heterocycles. The summed E-state index contributed by atoms with van der Waals surface area (Å²) >= 11 is 3.16. The van der Waals surface area contributed by atoms with Crippen molar-refractivity contribution in [2.24, 2.45) is 0 Å². The van der Waals surface area contributed by atoms with Crippen LogP contribution in [0.2, 0.25) is 0 Å². The van der Waals surface area contributed by atoms with Crippen LogP contribution in [0.4, 0.5) is 0 Å². The largest absolute Gasteiger partial charge is 0.351 e. The van der Waals surface area contributed by atoms with Gasteiger partial charge in [-0.25, -0.2) is 0 Å². The summed E-state index contributed by atoms with van der Waals surface area (Å²) in [7, 11) is 0. The monoisotopic (exact) mass is 278 g/mol. The van der Waals surface area contributed by atoms with Gasteiger partial charge < -0.3 is 5.32 Å². The first kappa shape index (κ1) is 12.5. The van der Waals surface area contributed by atoms with Gasteiger partial charge in [-0.15, -0.1) is 0 Å². The average Bonchev–Trinajstić information content (AvgIpc) is 2.27. The molecule has 0 aliphatic heterocycles. The second-order valence-corrected chi connectivity index (χ2v) is 4.40. The number of carbonyl (C=O) groups excluding carboxylic acids is 1. The van der Waals surface area contributed by atoms with Crippen LogP contribution in [-0.2, 0) is 11.2 Å². The van der Waals surface area contributed by atoms with Gasteiger partial charge in [-0.2, -0.15) is 5.26 Å². The first-order valence-electron chi connectivity index (χ1n) is 4.71. The number of halogens is 1. The summed E-state index contributed by atoms with van der Waals surface area (Å²) in [6.07, 6.45) is 0.311. The fourth-order valence-corrected chi connectivity index (χ4v) is 1.28. The summed E-state index contributed by atoms with van der Waals surface area (Å²) in [5.74, 6) is -0.0645. The molecule has 0 saturated carbocycles. The number of amides is 1. The Morgan fingerprint density at radius 1 is 1.44 bits per heavy atom. The van der Waals surface area contributed by atoms with E-state index in [2.05, 4.69) is 27.8 Å². The zero-order chi connectivity index (χ0) is 12.0. The van der Waals surface area contributed by atoms with Crippen LogP contribution in [0.25, 0.3) is 0 Å². The standard InChI is InChI=1S/C12H11BrN2O/c1-9(13)8-15-12(16)6-10-2-4-11(7-14)5-3-10/h2-5H,1,6,8H2,(H,15,16).